The quantitative estimate of drug-likeness (QED) is 0.620. The Balaban J connectivity index is 2.05. The maximum atomic E-state index is 12.6. The van der Waals surface area contributed by atoms with Gasteiger partial charge in [0.2, 0.25) is 0 Å². The maximum absolute atomic E-state index is 12.6. The van der Waals surface area contributed by atoms with Crippen LogP contribution in [0.1, 0.15) is 22.8 Å². The normalized spacial score (nSPS) is 11.9. The summed E-state index contributed by atoms with van der Waals surface area (Å²) in [5.41, 5.74) is 2.72. The van der Waals surface area contributed by atoms with Gasteiger partial charge in [-0.05, 0) is 44.2 Å². The SMILES string of the molecule is CCOCCn1c(=NC(=O)c2ccc(C)cc2)sc2cc(OC)ccc21. The van der Waals surface area contributed by atoms with Gasteiger partial charge in [-0.25, -0.2) is 0 Å². The minimum atomic E-state index is -0.242. The van der Waals surface area contributed by atoms with Gasteiger partial charge < -0.3 is 14.0 Å². The lowest BCUT2D eigenvalue weighted by molar-refractivity contribution is 0.0996. The van der Waals surface area contributed by atoms with Gasteiger partial charge in [0.25, 0.3) is 5.91 Å². The number of nitrogens with zero attached hydrogens (tertiary/aromatic N) is 2. The van der Waals surface area contributed by atoms with Crippen LogP contribution in [0.2, 0.25) is 0 Å². The van der Waals surface area contributed by atoms with Crippen molar-refractivity contribution in [1.82, 2.24) is 4.57 Å². The molecule has 136 valence electrons. The summed E-state index contributed by atoms with van der Waals surface area (Å²) >= 11 is 1.48. The Labute approximate surface area is 156 Å². The van der Waals surface area contributed by atoms with E-state index in [-0.39, 0.29) is 5.91 Å². The van der Waals surface area contributed by atoms with Crippen molar-refractivity contribution < 1.29 is 14.3 Å². The molecule has 0 saturated carbocycles. The van der Waals surface area contributed by atoms with Crippen LogP contribution in [0, 0.1) is 6.92 Å². The molecule has 1 aromatic heterocycles. The number of rotatable bonds is 6. The maximum Gasteiger partial charge on any atom is 0.279 e. The number of carbonyl (C=O) groups is 1. The van der Waals surface area contributed by atoms with Gasteiger partial charge in [-0.15, -0.1) is 0 Å². The summed E-state index contributed by atoms with van der Waals surface area (Å²) in [5, 5.41) is 0. The Morgan fingerprint density at radius 1 is 1.19 bits per heavy atom. The Morgan fingerprint density at radius 2 is 1.96 bits per heavy atom. The Morgan fingerprint density at radius 3 is 2.65 bits per heavy atom. The van der Waals surface area contributed by atoms with E-state index in [1.54, 1.807) is 7.11 Å². The molecule has 3 rings (SSSR count). The third-order valence-electron chi connectivity index (χ3n) is 4.05. The zero-order valence-electron chi connectivity index (χ0n) is 15.2. The number of aryl methyl sites for hydroxylation is 1. The third kappa shape index (κ3) is 4.03. The van der Waals surface area contributed by atoms with Crippen molar-refractivity contribution >= 4 is 27.5 Å². The van der Waals surface area contributed by atoms with Crippen LogP contribution in [0.5, 0.6) is 5.75 Å². The fourth-order valence-corrected chi connectivity index (χ4v) is 3.71. The minimum Gasteiger partial charge on any atom is -0.497 e. The summed E-state index contributed by atoms with van der Waals surface area (Å²) in [7, 11) is 1.64. The summed E-state index contributed by atoms with van der Waals surface area (Å²) < 4.78 is 13.9. The standard InChI is InChI=1S/C20H22N2O3S/c1-4-25-12-11-22-17-10-9-16(24-3)13-18(17)26-20(22)21-19(23)15-7-5-14(2)6-8-15/h5-10,13H,4,11-12H2,1-3H3. The van der Waals surface area contributed by atoms with Crippen molar-refractivity contribution in [3.8, 4) is 5.75 Å². The molecular formula is C20H22N2O3S. The Bertz CT molecular complexity index is 971. The number of hydrogen-bond donors (Lipinski definition) is 0. The van der Waals surface area contributed by atoms with Gasteiger partial charge in [-0.3, -0.25) is 4.79 Å². The van der Waals surface area contributed by atoms with Crippen LogP contribution in [0.3, 0.4) is 0 Å². The largest absolute Gasteiger partial charge is 0.497 e. The fourth-order valence-electron chi connectivity index (χ4n) is 2.63. The second-order valence-corrected chi connectivity index (χ2v) is 6.86. The highest BCUT2D eigenvalue weighted by Crippen LogP contribution is 2.23. The van der Waals surface area contributed by atoms with E-state index in [1.807, 2.05) is 60.9 Å². The molecule has 0 unspecified atom stereocenters. The molecule has 0 radical (unpaired) electrons. The van der Waals surface area contributed by atoms with E-state index in [2.05, 4.69) is 4.99 Å². The number of fused-ring (bicyclic) bond motifs is 1. The predicted molar refractivity (Wildman–Crippen MR) is 104 cm³/mol. The summed E-state index contributed by atoms with van der Waals surface area (Å²) in [6.07, 6.45) is 0. The highest BCUT2D eigenvalue weighted by atomic mass is 32.1. The molecule has 3 aromatic rings. The number of ether oxygens (including phenoxy) is 2. The van der Waals surface area contributed by atoms with Gasteiger partial charge >= 0.3 is 0 Å². The fraction of sp³-hybridized carbons (Fsp3) is 0.300. The summed E-state index contributed by atoms with van der Waals surface area (Å²) in [4.78, 5) is 17.6. The van der Waals surface area contributed by atoms with E-state index in [4.69, 9.17) is 9.47 Å². The average molecular weight is 370 g/mol. The molecular weight excluding hydrogens is 348 g/mol. The molecule has 0 bridgehead atoms. The van der Waals surface area contributed by atoms with E-state index in [0.29, 0.717) is 30.1 Å². The van der Waals surface area contributed by atoms with E-state index in [0.717, 1.165) is 21.5 Å². The van der Waals surface area contributed by atoms with Crippen molar-refractivity contribution in [1.29, 1.82) is 0 Å². The molecule has 26 heavy (non-hydrogen) atoms. The van der Waals surface area contributed by atoms with Crippen molar-refractivity contribution in [2.45, 2.75) is 20.4 Å². The van der Waals surface area contributed by atoms with E-state index in [1.165, 1.54) is 11.3 Å². The monoisotopic (exact) mass is 370 g/mol. The first-order chi connectivity index (χ1) is 12.6. The van der Waals surface area contributed by atoms with Crippen LogP contribution in [0.25, 0.3) is 10.2 Å². The molecule has 6 heteroatoms. The zero-order valence-corrected chi connectivity index (χ0v) is 16.0. The first-order valence-corrected chi connectivity index (χ1v) is 9.35. The molecule has 0 atom stereocenters. The lowest BCUT2D eigenvalue weighted by Crippen LogP contribution is -2.19. The number of amides is 1. The Hall–Kier alpha value is -2.44. The molecule has 1 heterocycles. The summed E-state index contributed by atoms with van der Waals surface area (Å²) in [6.45, 7) is 5.82. The van der Waals surface area contributed by atoms with Crippen molar-refractivity contribution in [3.63, 3.8) is 0 Å². The van der Waals surface area contributed by atoms with E-state index in [9.17, 15) is 4.79 Å². The number of carbonyl (C=O) groups excluding carboxylic acids is 1. The molecule has 0 aliphatic carbocycles. The zero-order chi connectivity index (χ0) is 18.5. The molecule has 0 saturated heterocycles. The van der Waals surface area contributed by atoms with Crippen LogP contribution in [0.4, 0.5) is 0 Å². The smallest absolute Gasteiger partial charge is 0.279 e. The van der Waals surface area contributed by atoms with Gasteiger partial charge in [0.15, 0.2) is 4.80 Å². The van der Waals surface area contributed by atoms with E-state index < -0.39 is 0 Å². The van der Waals surface area contributed by atoms with Gasteiger partial charge in [0.05, 0.1) is 23.9 Å². The van der Waals surface area contributed by atoms with Gasteiger partial charge in [-0.1, -0.05) is 29.0 Å². The number of aromatic nitrogens is 1. The molecule has 0 N–H and O–H groups in total. The van der Waals surface area contributed by atoms with E-state index >= 15 is 0 Å². The minimum absolute atomic E-state index is 0.242. The van der Waals surface area contributed by atoms with Crippen molar-refractivity contribution in [2.75, 3.05) is 20.3 Å². The van der Waals surface area contributed by atoms with Crippen LogP contribution in [-0.4, -0.2) is 30.8 Å². The highest BCUT2D eigenvalue weighted by molar-refractivity contribution is 7.16. The number of methoxy groups -OCH3 is 1. The highest BCUT2D eigenvalue weighted by Gasteiger charge is 2.10. The first-order valence-electron chi connectivity index (χ1n) is 8.53. The summed E-state index contributed by atoms with van der Waals surface area (Å²) in [5.74, 6) is 0.542. The van der Waals surface area contributed by atoms with Gasteiger partial charge in [0, 0.05) is 18.7 Å². The Kier molecular flexibility index (Phi) is 5.85. The number of benzene rings is 2. The molecule has 0 aliphatic heterocycles. The molecule has 0 spiro atoms. The second kappa shape index (κ2) is 8.29. The summed E-state index contributed by atoms with van der Waals surface area (Å²) in [6, 6.07) is 13.3. The van der Waals surface area contributed by atoms with Gasteiger partial charge in [-0.2, -0.15) is 4.99 Å². The molecule has 1 amide bonds. The second-order valence-electron chi connectivity index (χ2n) is 5.85. The van der Waals surface area contributed by atoms with Gasteiger partial charge in [0.1, 0.15) is 5.75 Å². The van der Waals surface area contributed by atoms with Crippen LogP contribution in [0.15, 0.2) is 47.5 Å². The molecule has 0 aliphatic rings. The van der Waals surface area contributed by atoms with Crippen LogP contribution < -0.4 is 9.54 Å². The lowest BCUT2D eigenvalue weighted by atomic mass is 10.1. The predicted octanol–water partition coefficient (Wildman–Crippen LogP) is 3.80. The number of hydrogen-bond acceptors (Lipinski definition) is 4. The number of thiazole rings is 1. The van der Waals surface area contributed by atoms with Crippen molar-refractivity contribution in [3.05, 3.63) is 58.4 Å². The van der Waals surface area contributed by atoms with Crippen LogP contribution >= 0.6 is 11.3 Å². The van der Waals surface area contributed by atoms with Crippen molar-refractivity contribution in [2.24, 2.45) is 4.99 Å². The topological polar surface area (TPSA) is 52.8 Å². The molecule has 2 aromatic carbocycles. The molecule has 5 nitrogen and oxygen atoms in total. The van der Waals surface area contributed by atoms with Crippen LogP contribution in [-0.2, 0) is 11.3 Å². The lowest BCUT2D eigenvalue weighted by Gasteiger charge is -2.06. The third-order valence-corrected chi connectivity index (χ3v) is 5.09. The average Bonchev–Trinajstić information content (AvgIpc) is 2.98. The first kappa shape index (κ1) is 18.4. The molecule has 0 fully saturated rings.